The normalized spacial score (nSPS) is 8.46. The molecule has 13 heavy (non-hydrogen) atoms. The van der Waals surface area contributed by atoms with Crippen molar-refractivity contribution in [1.82, 2.24) is 0 Å². The van der Waals surface area contributed by atoms with E-state index in [0.29, 0.717) is 0 Å². The van der Waals surface area contributed by atoms with Crippen LogP contribution in [0.5, 0.6) is 0 Å². The van der Waals surface area contributed by atoms with Crippen molar-refractivity contribution in [2.45, 2.75) is 26.7 Å². The largest absolute Gasteiger partial charge is 0.458 e. The number of ether oxygens (including phenoxy) is 1. The first-order valence-corrected chi connectivity index (χ1v) is 3.67. The number of hydrogen-bond acceptors (Lipinski definition) is 4. The van der Waals surface area contributed by atoms with Crippen molar-refractivity contribution in [3.05, 3.63) is 0 Å². The van der Waals surface area contributed by atoms with Crippen LogP contribution in [0.2, 0.25) is 0 Å². The van der Waals surface area contributed by atoms with Gasteiger partial charge in [-0.1, -0.05) is 0 Å². The standard InChI is InChI=1S/C8H12O4.Cu/c1-6(9)3-4-8(11)12-5-7(2)10;/h3-5H2,1-2H3;. The zero-order valence-electron chi connectivity index (χ0n) is 7.56. The average molecular weight is 236 g/mol. The molecule has 0 aromatic rings. The monoisotopic (exact) mass is 235 g/mol. The Morgan fingerprint density at radius 2 is 1.54 bits per heavy atom. The Morgan fingerprint density at radius 3 is 1.92 bits per heavy atom. The molecule has 0 aliphatic rings. The third-order valence-corrected chi connectivity index (χ3v) is 1.12. The van der Waals surface area contributed by atoms with Gasteiger partial charge in [-0.25, -0.2) is 0 Å². The molecule has 0 heterocycles. The minimum atomic E-state index is -0.500. The molecule has 0 atom stereocenters. The molecule has 0 unspecified atom stereocenters. The first-order chi connectivity index (χ1) is 5.52. The van der Waals surface area contributed by atoms with Gasteiger partial charge >= 0.3 is 5.97 Å². The Hall–Kier alpha value is -0.671. The van der Waals surface area contributed by atoms with E-state index in [2.05, 4.69) is 4.74 Å². The van der Waals surface area contributed by atoms with E-state index in [9.17, 15) is 14.4 Å². The van der Waals surface area contributed by atoms with E-state index < -0.39 is 5.97 Å². The summed E-state index contributed by atoms with van der Waals surface area (Å²) in [6, 6.07) is 0. The van der Waals surface area contributed by atoms with Crippen LogP contribution in [0.3, 0.4) is 0 Å². The molecular weight excluding hydrogens is 224 g/mol. The van der Waals surface area contributed by atoms with Crippen LogP contribution in [0.25, 0.3) is 0 Å². The zero-order valence-corrected chi connectivity index (χ0v) is 8.50. The van der Waals surface area contributed by atoms with Gasteiger partial charge in [-0.05, 0) is 13.8 Å². The molecular formula is C8H12CuO4. The summed E-state index contributed by atoms with van der Waals surface area (Å²) in [5.74, 6) is -0.763. The van der Waals surface area contributed by atoms with E-state index in [0.717, 1.165) is 0 Å². The van der Waals surface area contributed by atoms with Crippen LogP contribution < -0.4 is 0 Å². The molecule has 79 valence electrons. The summed E-state index contributed by atoms with van der Waals surface area (Å²) in [7, 11) is 0. The van der Waals surface area contributed by atoms with Crippen molar-refractivity contribution in [3.63, 3.8) is 0 Å². The van der Waals surface area contributed by atoms with Crippen LogP contribution >= 0.6 is 0 Å². The number of carbonyl (C=O) groups excluding carboxylic acids is 3. The Bertz CT molecular complexity index is 180. The molecule has 0 aromatic heterocycles. The van der Waals surface area contributed by atoms with E-state index in [4.69, 9.17) is 0 Å². The summed E-state index contributed by atoms with van der Waals surface area (Å²) in [5.41, 5.74) is 0. The van der Waals surface area contributed by atoms with Crippen LogP contribution in [-0.2, 0) is 36.2 Å². The van der Waals surface area contributed by atoms with Gasteiger partial charge in [-0.2, -0.15) is 0 Å². The number of esters is 1. The second-order valence-corrected chi connectivity index (χ2v) is 2.56. The number of carbonyl (C=O) groups is 3. The summed E-state index contributed by atoms with van der Waals surface area (Å²) in [6.07, 6.45) is 0.235. The topological polar surface area (TPSA) is 60.4 Å². The summed E-state index contributed by atoms with van der Waals surface area (Å²) in [6.45, 7) is 2.53. The van der Waals surface area contributed by atoms with Crippen LogP contribution in [0.15, 0.2) is 0 Å². The second-order valence-electron chi connectivity index (χ2n) is 2.56. The van der Waals surface area contributed by atoms with Gasteiger partial charge in [-0.3, -0.25) is 9.59 Å². The SMILES string of the molecule is CC(=O)CCC(=O)OCC(C)=O.[Cu]. The molecule has 0 fully saturated rings. The Morgan fingerprint density at radius 1 is 1.00 bits per heavy atom. The minimum absolute atomic E-state index is 0. The summed E-state index contributed by atoms with van der Waals surface area (Å²) >= 11 is 0. The summed E-state index contributed by atoms with van der Waals surface area (Å²) in [4.78, 5) is 31.5. The molecule has 0 spiro atoms. The molecule has 0 aliphatic heterocycles. The van der Waals surface area contributed by atoms with Gasteiger partial charge in [0.1, 0.15) is 12.4 Å². The summed E-state index contributed by atoms with van der Waals surface area (Å²) in [5, 5.41) is 0. The fraction of sp³-hybridized carbons (Fsp3) is 0.625. The minimum Gasteiger partial charge on any atom is -0.458 e. The maximum Gasteiger partial charge on any atom is 0.306 e. The van der Waals surface area contributed by atoms with E-state index in [1.54, 1.807) is 0 Å². The van der Waals surface area contributed by atoms with Gasteiger partial charge in [0, 0.05) is 23.5 Å². The van der Waals surface area contributed by atoms with Crippen LogP contribution in [0.4, 0.5) is 0 Å². The van der Waals surface area contributed by atoms with Crippen molar-refractivity contribution in [1.29, 1.82) is 0 Å². The fourth-order valence-electron chi connectivity index (χ4n) is 0.532. The van der Waals surface area contributed by atoms with Crippen molar-refractivity contribution >= 4 is 17.5 Å². The predicted molar refractivity (Wildman–Crippen MR) is 41.6 cm³/mol. The Labute approximate surface area is 87.5 Å². The van der Waals surface area contributed by atoms with E-state index in [1.165, 1.54) is 13.8 Å². The molecule has 0 rings (SSSR count). The van der Waals surface area contributed by atoms with Crippen molar-refractivity contribution in [2.24, 2.45) is 0 Å². The maximum atomic E-state index is 10.7. The number of hydrogen-bond donors (Lipinski definition) is 0. The fourth-order valence-corrected chi connectivity index (χ4v) is 0.532. The molecule has 0 saturated heterocycles. The van der Waals surface area contributed by atoms with Crippen molar-refractivity contribution in [3.8, 4) is 0 Å². The van der Waals surface area contributed by atoms with Crippen LogP contribution in [0.1, 0.15) is 26.7 Å². The van der Waals surface area contributed by atoms with Crippen molar-refractivity contribution in [2.75, 3.05) is 6.61 Å². The maximum absolute atomic E-state index is 10.7. The third kappa shape index (κ3) is 11.3. The van der Waals surface area contributed by atoms with E-state index in [1.807, 2.05) is 0 Å². The van der Waals surface area contributed by atoms with Gasteiger partial charge in [0.25, 0.3) is 0 Å². The smallest absolute Gasteiger partial charge is 0.306 e. The van der Waals surface area contributed by atoms with Gasteiger partial charge in [0.2, 0.25) is 0 Å². The summed E-state index contributed by atoms with van der Waals surface area (Å²) < 4.78 is 4.51. The Kier molecular flexibility index (Phi) is 9.07. The third-order valence-electron chi connectivity index (χ3n) is 1.12. The zero-order chi connectivity index (χ0) is 9.56. The number of ketones is 2. The van der Waals surface area contributed by atoms with Gasteiger partial charge in [0.15, 0.2) is 5.78 Å². The number of Topliss-reactive ketones (excluding diaryl/α,β-unsaturated/α-hetero) is 2. The molecule has 0 aliphatic carbocycles. The van der Waals surface area contributed by atoms with Crippen LogP contribution in [0, 0.1) is 0 Å². The molecule has 5 heteroatoms. The van der Waals surface area contributed by atoms with Crippen LogP contribution in [-0.4, -0.2) is 24.1 Å². The molecule has 4 nitrogen and oxygen atoms in total. The first kappa shape index (κ1) is 14.8. The molecule has 1 radical (unpaired) electrons. The van der Waals surface area contributed by atoms with Gasteiger partial charge in [-0.15, -0.1) is 0 Å². The number of rotatable bonds is 5. The molecule has 0 amide bonds. The molecule has 0 bridgehead atoms. The second kappa shape index (κ2) is 7.95. The van der Waals surface area contributed by atoms with Gasteiger partial charge in [0.05, 0.1) is 6.42 Å². The Balaban J connectivity index is 0. The predicted octanol–water partition coefficient (Wildman–Crippen LogP) is 0.485. The molecule has 0 aromatic carbocycles. The van der Waals surface area contributed by atoms with Crippen molar-refractivity contribution < 1.29 is 36.2 Å². The van der Waals surface area contributed by atoms with E-state index >= 15 is 0 Å². The van der Waals surface area contributed by atoms with Gasteiger partial charge < -0.3 is 9.53 Å². The average Bonchev–Trinajstić information content (AvgIpc) is 1.96. The molecule has 0 saturated carbocycles. The first-order valence-electron chi connectivity index (χ1n) is 3.67. The van der Waals surface area contributed by atoms with E-state index in [-0.39, 0.29) is 48.1 Å². The molecule has 0 N–H and O–H groups in total. The quantitative estimate of drug-likeness (QED) is 0.514.